The first-order valence-corrected chi connectivity index (χ1v) is 22.4. The van der Waals surface area contributed by atoms with Crippen molar-refractivity contribution in [3.63, 3.8) is 0 Å². The number of anilines is 2. The number of halogens is 8. The third-order valence-electron chi connectivity index (χ3n) is 11.2. The molecule has 6 aromatic rings. The number of aromatic nitrogens is 6. The highest BCUT2D eigenvalue weighted by Crippen LogP contribution is 2.68. The van der Waals surface area contributed by atoms with Gasteiger partial charge in [0.15, 0.2) is 11.5 Å². The van der Waals surface area contributed by atoms with Crippen LogP contribution in [-0.4, -0.2) is 75.0 Å². The number of amides is 1. The molecule has 3 atom stereocenters. The number of fused-ring (bicyclic) bond motifs is 5. The van der Waals surface area contributed by atoms with Crippen LogP contribution in [0.2, 0.25) is 5.02 Å². The van der Waals surface area contributed by atoms with Crippen LogP contribution in [0.3, 0.4) is 0 Å². The first-order valence-electron chi connectivity index (χ1n) is 19.3. The van der Waals surface area contributed by atoms with Gasteiger partial charge in [0, 0.05) is 44.1 Å². The van der Waals surface area contributed by atoms with Gasteiger partial charge in [-0.05, 0) is 62.1 Å². The average Bonchev–Trinajstić information content (AvgIpc) is 3.40. The second kappa shape index (κ2) is 14.6. The highest BCUT2D eigenvalue weighted by atomic mass is 35.5. The van der Waals surface area contributed by atoms with Gasteiger partial charge >= 0.3 is 6.18 Å². The van der Waals surface area contributed by atoms with E-state index in [2.05, 4.69) is 20.2 Å². The number of carbonyl (C=O) groups excluding carboxylic acids is 1. The van der Waals surface area contributed by atoms with Crippen LogP contribution in [0.15, 0.2) is 41.2 Å². The molecule has 1 saturated heterocycles. The Hall–Kier alpha value is -5.26. The van der Waals surface area contributed by atoms with Gasteiger partial charge in [0.1, 0.15) is 34.4 Å². The minimum absolute atomic E-state index is 0.00561. The van der Waals surface area contributed by atoms with E-state index in [1.807, 2.05) is 18.7 Å². The number of nitrogens with zero attached hydrogens (tertiary/aromatic N) is 7. The number of thiophene rings is 1. The molecule has 2 N–H and O–H groups in total. The van der Waals surface area contributed by atoms with E-state index in [4.69, 9.17) is 21.3 Å². The molecule has 2 aliphatic carbocycles. The maximum absolute atomic E-state index is 15.5. The first kappa shape index (κ1) is 43.0. The molecular formula is C39H35ClF7N9O5S2. The highest BCUT2D eigenvalue weighted by molar-refractivity contribution is 7.92. The molecule has 0 bridgehead atoms. The number of aryl methyl sites for hydroxylation is 1. The van der Waals surface area contributed by atoms with Crippen LogP contribution < -0.4 is 20.5 Å². The van der Waals surface area contributed by atoms with Gasteiger partial charge in [-0.25, -0.2) is 22.2 Å². The van der Waals surface area contributed by atoms with Gasteiger partial charge in [-0.2, -0.15) is 32.1 Å². The van der Waals surface area contributed by atoms with Gasteiger partial charge in [0.2, 0.25) is 15.9 Å². The number of benzene rings is 2. The fourth-order valence-corrected chi connectivity index (χ4v) is 10.5. The van der Waals surface area contributed by atoms with E-state index in [0.29, 0.717) is 35.4 Å². The number of morpholine rings is 1. The minimum atomic E-state index is -5.11. The summed E-state index contributed by atoms with van der Waals surface area (Å²) in [7, 11) is -2.48. The predicted octanol–water partition coefficient (Wildman–Crippen LogP) is 6.78. The fraction of sp³-hybridized carbons (Fsp3) is 0.410. The number of alkyl halides is 5. The van der Waals surface area contributed by atoms with Crippen LogP contribution in [0.5, 0.6) is 0 Å². The van der Waals surface area contributed by atoms with Gasteiger partial charge in [0.25, 0.3) is 11.5 Å². The van der Waals surface area contributed by atoms with E-state index in [-0.39, 0.29) is 55.5 Å². The maximum atomic E-state index is 15.5. The molecule has 9 rings (SSSR count). The summed E-state index contributed by atoms with van der Waals surface area (Å²) in [6.07, 6.45) is -4.89. The van der Waals surface area contributed by atoms with E-state index in [0.717, 1.165) is 34.3 Å². The molecule has 14 nitrogen and oxygen atoms in total. The Kier molecular flexibility index (Phi) is 9.99. The molecule has 4 aromatic heterocycles. The Balaban J connectivity index is 1.24. The summed E-state index contributed by atoms with van der Waals surface area (Å²) in [4.78, 5) is 36.1. The quantitative estimate of drug-likeness (QED) is 0.141. The van der Waals surface area contributed by atoms with E-state index >= 15 is 13.6 Å². The lowest BCUT2D eigenvalue weighted by atomic mass is 10.0. The second-order valence-electron chi connectivity index (χ2n) is 16.5. The molecule has 63 heavy (non-hydrogen) atoms. The van der Waals surface area contributed by atoms with Crippen LogP contribution in [0.25, 0.3) is 26.8 Å². The number of sulfonamides is 1. The summed E-state index contributed by atoms with van der Waals surface area (Å²) in [5.74, 6) is -9.80. The van der Waals surface area contributed by atoms with Gasteiger partial charge < -0.3 is 15.0 Å². The molecule has 3 aliphatic rings. The summed E-state index contributed by atoms with van der Waals surface area (Å²) in [6, 6.07) is 5.38. The Labute approximate surface area is 361 Å². The maximum Gasteiger partial charge on any atom is 0.435 e. The lowest BCUT2D eigenvalue weighted by Crippen LogP contribution is -2.48. The molecule has 1 saturated carbocycles. The van der Waals surface area contributed by atoms with E-state index in [1.54, 1.807) is 6.07 Å². The van der Waals surface area contributed by atoms with Crippen LogP contribution >= 0.6 is 22.9 Å². The van der Waals surface area contributed by atoms with Crippen LogP contribution in [0.4, 0.5) is 41.6 Å². The van der Waals surface area contributed by atoms with Gasteiger partial charge in [0.05, 0.1) is 56.6 Å². The zero-order chi connectivity index (χ0) is 45.3. The largest absolute Gasteiger partial charge is 0.435 e. The van der Waals surface area contributed by atoms with Crippen LogP contribution in [0, 0.1) is 17.6 Å². The van der Waals surface area contributed by atoms with Crippen molar-refractivity contribution in [3.8, 4) is 5.69 Å². The number of hydrogen-bond acceptors (Lipinski definition) is 10. The normalized spacial score (nSPS) is 19.7. The van der Waals surface area contributed by atoms with E-state index in [1.165, 1.54) is 23.9 Å². The third kappa shape index (κ3) is 7.68. The van der Waals surface area contributed by atoms with Crippen molar-refractivity contribution >= 4 is 70.8 Å². The van der Waals surface area contributed by atoms with Crippen molar-refractivity contribution in [2.75, 3.05) is 35.6 Å². The van der Waals surface area contributed by atoms with Gasteiger partial charge in [-0.15, -0.1) is 11.3 Å². The summed E-state index contributed by atoms with van der Waals surface area (Å²) < 4.78 is 139. The highest BCUT2D eigenvalue weighted by Gasteiger charge is 2.68. The molecule has 2 fully saturated rings. The predicted molar refractivity (Wildman–Crippen MR) is 218 cm³/mol. The number of nitrogens with one attached hydrogen (secondary N) is 2. The molecule has 1 aliphatic heterocycles. The van der Waals surface area contributed by atoms with E-state index < -0.39 is 98.6 Å². The first-order chi connectivity index (χ1) is 29.4. The smallest absolute Gasteiger partial charge is 0.372 e. The molecule has 0 unspecified atom stereocenters. The monoisotopic (exact) mass is 941 g/mol. The number of rotatable bonds is 10. The number of carbonyl (C=O) groups is 1. The van der Waals surface area contributed by atoms with Gasteiger partial charge in [-0.3, -0.25) is 28.2 Å². The summed E-state index contributed by atoms with van der Waals surface area (Å²) in [5.41, 5.74) is -4.32. The molecule has 0 spiro atoms. The molecule has 2 aromatic carbocycles. The molecule has 1 amide bonds. The van der Waals surface area contributed by atoms with Crippen molar-refractivity contribution in [1.82, 2.24) is 34.4 Å². The lowest BCUT2D eigenvalue weighted by Gasteiger charge is -2.38. The van der Waals surface area contributed by atoms with Gasteiger partial charge in [-0.1, -0.05) is 11.6 Å². The van der Waals surface area contributed by atoms with E-state index in [9.17, 15) is 35.2 Å². The Morgan fingerprint density at radius 3 is 2.49 bits per heavy atom. The van der Waals surface area contributed by atoms with Crippen molar-refractivity contribution in [1.29, 1.82) is 0 Å². The summed E-state index contributed by atoms with van der Waals surface area (Å²) >= 11 is 7.74. The molecule has 5 heterocycles. The fourth-order valence-electron chi connectivity index (χ4n) is 8.74. The summed E-state index contributed by atoms with van der Waals surface area (Å²) in [6.45, 7) is 3.91. The Morgan fingerprint density at radius 2 is 1.83 bits per heavy atom. The Morgan fingerprint density at radius 1 is 1.11 bits per heavy atom. The van der Waals surface area contributed by atoms with Crippen molar-refractivity contribution < 1.29 is 48.7 Å². The molecule has 0 radical (unpaired) electrons. The SMILES string of the molecule is Cn1nc(NS(C)(=O)=O)c2c(Cl)ccc(-n3c([C@H](Cc4cc(F)cc(F)c4)NC(=O)Cn4nc(C(F)(F)F)c5c4C(F)(F)[C@@H]4C[C@H]54)nc4cc(N5CCOC(C)(C)C5)sc4c3=O)c21. The zero-order valence-electron chi connectivity index (χ0n) is 33.5. The standard InChI is InChI=1S/C39H35ClF7N9O5S2/c1-37(2)16-54(7-8-61-37)27-14-23-31(62-27)36(58)56(25-6-5-22(40)29-30(25)53(3)51-34(29)52-63(4,59)60)35(49-23)24(11-17-9-18(41)12-19(42)10-17)48-26(57)15-55-33-28(32(50-55)39(45,46)47)20-13-21(20)38(33,43)44/h5-6,9-10,12,14,20-21,24H,7-8,11,13,15-16H2,1-4H3,(H,48,57)(H,51,52)/t20-,21+,24-/m0/s1. The second-order valence-corrected chi connectivity index (χ2v) is 19.7. The number of hydrogen-bond donors (Lipinski definition) is 2. The molecule has 24 heteroatoms. The van der Waals surface area contributed by atoms with Crippen molar-refractivity contribution in [2.45, 2.75) is 62.9 Å². The average molecular weight is 942 g/mol. The Bertz CT molecular complexity index is 3050. The molecular weight excluding hydrogens is 907 g/mol. The summed E-state index contributed by atoms with van der Waals surface area (Å²) in [5, 5.41) is 11.1. The van der Waals surface area contributed by atoms with Crippen molar-refractivity contribution in [3.05, 3.63) is 91.7 Å². The molecule has 334 valence electrons. The van der Waals surface area contributed by atoms with Crippen LogP contribution in [-0.2, 0) is 51.7 Å². The van der Waals surface area contributed by atoms with Crippen molar-refractivity contribution in [2.24, 2.45) is 13.0 Å². The topological polar surface area (TPSA) is 158 Å². The third-order valence-corrected chi connectivity index (χ3v) is 13.3. The van der Waals surface area contributed by atoms with Crippen LogP contribution in [0.1, 0.15) is 60.6 Å². The minimum Gasteiger partial charge on any atom is -0.372 e. The lowest BCUT2D eigenvalue weighted by molar-refractivity contribution is -0.142. The zero-order valence-corrected chi connectivity index (χ0v) is 35.8. The number of ether oxygens (including phenoxy) is 1.